The van der Waals surface area contributed by atoms with E-state index in [9.17, 15) is 9.59 Å². The first-order valence-electron chi connectivity index (χ1n) is 9.05. The summed E-state index contributed by atoms with van der Waals surface area (Å²) in [5.74, 6) is 0.620. The minimum atomic E-state index is -0.737. The number of amides is 1. The largest absolute Gasteiger partial charge is 0.516 e. The maximum Gasteiger partial charge on any atom is 0.407 e. The molecule has 148 valence electrons. The first-order valence-corrected chi connectivity index (χ1v) is 9.05. The molecule has 1 atom stereocenters. The molecule has 0 radical (unpaired) electrons. The van der Waals surface area contributed by atoms with E-state index >= 15 is 0 Å². The van der Waals surface area contributed by atoms with Gasteiger partial charge < -0.3 is 24.3 Å². The van der Waals surface area contributed by atoms with Crippen LogP contribution in [0.2, 0.25) is 0 Å². The van der Waals surface area contributed by atoms with Gasteiger partial charge in [-0.25, -0.2) is 9.59 Å². The van der Waals surface area contributed by atoms with Crippen molar-refractivity contribution >= 4 is 17.1 Å². The van der Waals surface area contributed by atoms with Gasteiger partial charge in [-0.15, -0.1) is 0 Å². The molecule has 0 aliphatic carbocycles. The summed E-state index contributed by atoms with van der Waals surface area (Å²) in [6, 6.07) is 6.66. The Balaban J connectivity index is 1.67. The van der Waals surface area contributed by atoms with Crippen molar-refractivity contribution in [3.63, 3.8) is 0 Å². The van der Waals surface area contributed by atoms with E-state index in [0.717, 1.165) is 17.2 Å². The molecular formula is C21H23NO6. The smallest absolute Gasteiger partial charge is 0.407 e. The fourth-order valence-electron chi connectivity index (χ4n) is 3.03. The molecule has 1 aliphatic rings. The number of hydrogen-bond donors (Lipinski definition) is 2. The number of rotatable bonds is 5. The third kappa shape index (κ3) is 4.54. The van der Waals surface area contributed by atoms with Crippen molar-refractivity contribution < 1.29 is 23.8 Å². The Morgan fingerprint density at radius 1 is 1.36 bits per heavy atom. The van der Waals surface area contributed by atoms with Crippen LogP contribution in [-0.2, 0) is 11.2 Å². The SMILES string of the molecule is CC1(C)Oc2cc3oc(=O)ccc3cc2C[C@H]1OC(=O)NCC/C=C/C=C\O. The third-order valence-corrected chi connectivity index (χ3v) is 4.52. The summed E-state index contributed by atoms with van der Waals surface area (Å²) >= 11 is 0. The lowest BCUT2D eigenvalue weighted by Crippen LogP contribution is -2.50. The summed E-state index contributed by atoms with van der Waals surface area (Å²) in [4.78, 5) is 23.6. The molecule has 0 bridgehead atoms. The Labute approximate surface area is 162 Å². The molecule has 3 rings (SSSR count). The molecule has 2 N–H and O–H groups in total. The molecule has 1 amide bonds. The van der Waals surface area contributed by atoms with Crippen molar-refractivity contribution in [3.8, 4) is 5.75 Å². The second-order valence-electron chi connectivity index (χ2n) is 7.04. The number of nitrogens with one attached hydrogen (secondary N) is 1. The van der Waals surface area contributed by atoms with Crippen molar-refractivity contribution in [1.29, 1.82) is 0 Å². The number of benzene rings is 1. The maximum atomic E-state index is 12.1. The lowest BCUT2D eigenvalue weighted by Gasteiger charge is -2.39. The van der Waals surface area contributed by atoms with Crippen LogP contribution >= 0.6 is 0 Å². The molecule has 1 aromatic heterocycles. The van der Waals surface area contributed by atoms with Crippen molar-refractivity contribution in [2.75, 3.05) is 6.54 Å². The lowest BCUT2D eigenvalue weighted by atomic mass is 9.90. The van der Waals surface area contributed by atoms with Crippen molar-refractivity contribution in [1.82, 2.24) is 5.32 Å². The van der Waals surface area contributed by atoms with Gasteiger partial charge in [-0.3, -0.25) is 0 Å². The van der Waals surface area contributed by atoms with E-state index in [1.54, 1.807) is 18.2 Å². The van der Waals surface area contributed by atoms with E-state index in [0.29, 0.717) is 30.7 Å². The van der Waals surface area contributed by atoms with Gasteiger partial charge >= 0.3 is 11.7 Å². The van der Waals surface area contributed by atoms with E-state index in [-0.39, 0.29) is 0 Å². The van der Waals surface area contributed by atoms with Gasteiger partial charge in [-0.05, 0) is 44.0 Å². The molecule has 1 aliphatic heterocycles. The van der Waals surface area contributed by atoms with Crippen molar-refractivity contribution in [2.24, 2.45) is 0 Å². The van der Waals surface area contributed by atoms with Crippen LogP contribution in [0.1, 0.15) is 25.8 Å². The number of carbonyl (C=O) groups excluding carboxylic acids is 1. The van der Waals surface area contributed by atoms with Crippen LogP contribution in [0.4, 0.5) is 4.79 Å². The van der Waals surface area contributed by atoms with Crippen LogP contribution in [-0.4, -0.2) is 29.4 Å². The number of allylic oxidation sites excluding steroid dienone is 2. The second-order valence-corrected chi connectivity index (χ2v) is 7.04. The van der Waals surface area contributed by atoms with Crippen molar-refractivity contribution in [2.45, 2.75) is 38.4 Å². The number of carbonyl (C=O) groups is 1. The average Bonchev–Trinajstić information content (AvgIpc) is 2.63. The zero-order chi connectivity index (χ0) is 20.1. The molecule has 0 spiro atoms. The predicted molar refractivity (Wildman–Crippen MR) is 105 cm³/mol. The molecule has 0 fully saturated rings. The molecule has 7 nitrogen and oxygen atoms in total. The monoisotopic (exact) mass is 385 g/mol. The summed E-state index contributed by atoms with van der Waals surface area (Å²) < 4.78 is 16.8. The normalized spacial score (nSPS) is 18.1. The number of alkyl carbamates (subject to hydrolysis) is 1. The Morgan fingerprint density at radius 2 is 2.18 bits per heavy atom. The van der Waals surface area contributed by atoms with E-state index in [1.165, 1.54) is 12.1 Å². The first kappa shape index (κ1) is 19.5. The van der Waals surface area contributed by atoms with E-state index in [4.69, 9.17) is 19.0 Å². The molecular weight excluding hydrogens is 362 g/mol. The highest BCUT2D eigenvalue weighted by Gasteiger charge is 2.40. The summed E-state index contributed by atoms with van der Waals surface area (Å²) in [7, 11) is 0. The molecule has 2 aromatic rings. The van der Waals surface area contributed by atoms with Gasteiger partial charge in [0.1, 0.15) is 23.0 Å². The quantitative estimate of drug-likeness (QED) is 0.353. The second kappa shape index (κ2) is 8.21. The summed E-state index contributed by atoms with van der Waals surface area (Å²) in [6.45, 7) is 4.12. The maximum absolute atomic E-state index is 12.1. The topological polar surface area (TPSA) is 98.0 Å². The highest BCUT2D eigenvalue weighted by molar-refractivity contribution is 5.79. The number of fused-ring (bicyclic) bond motifs is 2. The van der Waals surface area contributed by atoms with Gasteiger partial charge in [-0.1, -0.05) is 12.2 Å². The minimum Gasteiger partial charge on any atom is -0.516 e. The summed E-state index contributed by atoms with van der Waals surface area (Å²) in [5.41, 5.74) is 0.196. The van der Waals surface area contributed by atoms with Crippen LogP contribution in [0.15, 0.2) is 58.0 Å². The van der Waals surface area contributed by atoms with Gasteiger partial charge in [-0.2, -0.15) is 0 Å². The van der Waals surface area contributed by atoms with E-state index in [2.05, 4.69) is 5.32 Å². The first-order chi connectivity index (χ1) is 13.4. The Kier molecular flexibility index (Phi) is 5.73. The number of aliphatic hydroxyl groups is 1. The van der Waals surface area contributed by atoms with Gasteiger partial charge in [0, 0.05) is 30.5 Å². The van der Waals surface area contributed by atoms with Crippen LogP contribution < -0.4 is 15.7 Å². The van der Waals surface area contributed by atoms with Crippen LogP contribution in [0, 0.1) is 0 Å². The highest BCUT2D eigenvalue weighted by atomic mass is 16.6. The van der Waals surface area contributed by atoms with Crippen molar-refractivity contribution in [3.05, 3.63) is 64.7 Å². The van der Waals surface area contributed by atoms with Gasteiger partial charge in [0.25, 0.3) is 0 Å². The summed E-state index contributed by atoms with van der Waals surface area (Å²) in [5, 5.41) is 12.0. The zero-order valence-corrected chi connectivity index (χ0v) is 15.8. The number of ether oxygens (including phenoxy) is 2. The van der Waals surface area contributed by atoms with Crippen LogP contribution in [0.25, 0.3) is 11.0 Å². The standard InChI is InChI=1S/C21H23NO6/c1-21(2)18(27-20(25)22-9-5-3-4-6-10-23)12-15-11-14-7-8-19(24)26-16(14)13-17(15)28-21/h3-4,6-8,10-11,13,18,23H,5,9,12H2,1-2H3,(H,22,25)/b4-3+,10-6-/t18-/m1/s1. The highest BCUT2D eigenvalue weighted by Crippen LogP contribution is 2.37. The fourth-order valence-corrected chi connectivity index (χ4v) is 3.03. The predicted octanol–water partition coefficient (Wildman–Crippen LogP) is 3.62. The van der Waals surface area contributed by atoms with Gasteiger partial charge in [0.2, 0.25) is 0 Å². The lowest BCUT2D eigenvalue weighted by molar-refractivity contribution is -0.0493. The molecule has 7 heteroatoms. The molecule has 0 unspecified atom stereocenters. The molecule has 1 aromatic carbocycles. The van der Waals surface area contributed by atoms with Gasteiger partial charge in [0.15, 0.2) is 0 Å². The Bertz CT molecular complexity index is 973. The van der Waals surface area contributed by atoms with Crippen LogP contribution in [0.5, 0.6) is 5.75 Å². The Morgan fingerprint density at radius 3 is 2.96 bits per heavy atom. The molecule has 0 saturated heterocycles. The zero-order valence-electron chi connectivity index (χ0n) is 15.8. The van der Waals surface area contributed by atoms with Gasteiger partial charge in [0.05, 0.1) is 6.26 Å². The molecule has 28 heavy (non-hydrogen) atoms. The van der Waals surface area contributed by atoms with E-state index < -0.39 is 23.4 Å². The molecule has 2 heterocycles. The Hall–Kier alpha value is -3.22. The number of hydrogen-bond acceptors (Lipinski definition) is 6. The molecule has 0 saturated carbocycles. The fraction of sp³-hybridized carbons (Fsp3) is 0.333. The van der Waals surface area contributed by atoms with Crippen LogP contribution in [0.3, 0.4) is 0 Å². The summed E-state index contributed by atoms with van der Waals surface area (Å²) in [6.07, 6.45) is 6.07. The van der Waals surface area contributed by atoms with E-state index in [1.807, 2.05) is 26.0 Å². The number of aliphatic hydroxyl groups excluding tert-OH is 1. The minimum absolute atomic E-state index is 0.414. The third-order valence-electron chi connectivity index (χ3n) is 4.52. The average molecular weight is 385 g/mol.